The van der Waals surface area contributed by atoms with E-state index in [0.717, 1.165) is 6.42 Å². The lowest BCUT2D eigenvalue weighted by Gasteiger charge is -2.01. The Labute approximate surface area is 62.8 Å². The van der Waals surface area contributed by atoms with Crippen LogP contribution in [-0.2, 0) is 9.47 Å². The summed E-state index contributed by atoms with van der Waals surface area (Å²) in [5.41, 5.74) is 1.26. The molecule has 2 nitrogen and oxygen atoms in total. The van der Waals surface area contributed by atoms with Gasteiger partial charge in [-0.25, -0.2) is 0 Å². The molecule has 0 fully saturated rings. The van der Waals surface area contributed by atoms with E-state index >= 15 is 0 Å². The van der Waals surface area contributed by atoms with Crippen molar-refractivity contribution in [2.75, 3.05) is 20.5 Å². The molecule has 60 valence electrons. The van der Waals surface area contributed by atoms with E-state index in [-0.39, 0.29) is 0 Å². The van der Waals surface area contributed by atoms with Crippen LogP contribution in [0.25, 0.3) is 0 Å². The van der Waals surface area contributed by atoms with E-state index in [4.69, 9.17) is 9.47 Å². The molecule has 0 rings (SSSR count). The van der Waals surface area contributed by atoms with Crippen LogP contribution in [0.5, 0.6) is 0 Å². The maximum atomic E-state index is 5.11. The molecule has 0 aromatic rings. The molecule has 10 heavy (non-hydrogen) atoms. The maximum Gasteiger partial charge on any atom is 0.146 e. The van der Waals surface area contributed by atoms with Crippen LogP contribution in [0.1, 0.15) is 20.3 Å². The molecule has 0 bridgehead atoms. The first-order chi connectivity index (χ1) is 4.81. The van der Waals surface area contributed by atoms with Crippen LogP contribution in [-0.4, -0.2) is 20.5 Å². The average Bonchev–Trinajstić information content (AvgIpc) is 1.89. The Morgan fingerprint density at radius 3 is 2.70 bits per heavy atom. The first-order valence-electron chi connectivity index (χ1n) is 3.53. The highest BCUT2D eigenvalue weighted by Gasteiger charge is 1.86. The van der Waals surface area contributed by atoms with Crippen LogP contribution >= 0.6 is 0 Å². The molecule has 2 heteroatoms. The van der Waals surface area contributed by atoms with Crippen molar-refractivity contribution >= 4 is 0 Å². The van der Waals surface area contributed by atoms with Gasteiger partial charge in [-0.1, -0.05) is 18.6 Å². The quantitative estimate of drug-likeness (QED) is 0.333. The van der Waals surface area contributed by atoms with Gasteiger partial charge in [-0.15, -0.1) is 0 Å². The van der Waals surface area contributed by atoms with Crippen LogP contribution < -0.4 is 0 Å². The first-order valence-corrected chi connectivity index (χ1v) is 3.53. The first kappa shape index (κ1) is 9.66. The molecular weight excluding hydrogens is 128 g/mol. The molecule has 0 aliphatic carbocycles. The summed E-state index contributed by atoms with van der Waals surface area (Å²) in [6.45, 7) is 5.23. The smallest absolute Gasteiger partial charge is 0.146 e. The number of allylic oxidation sites excluding steroid dienone is 1. The van der Waals surface area contributed by atoms with Gasteiger partial charge in [0.05, 0.1) is 6.61 Å². The molecule has 0 aromatic heterocycles. The minimum absolute atomic E-state index is 0.384. The van der Waals surface area contributed by atoms with Crippen molar-refractivity contribution < 1.29 is 9.47 Å². The lowest BCUT2D eigenvalue weighted by Crippen LogP contribution is -1.99. The fraction of sp³-hybridized carbons (Fsp3) is 0.750. The lowest BCUT2D eigenvalue weighted by molar-refractivity contribution is -0.0211. The van der Waals surface area contributed by atoms with E-state index in [1.807, 2.05) is 0 Å². The SMILES string of the molecule is CC/C=C(/C)COCOC. The number of rotatable bonds is 5. The Hall–Kier alpha value is -0.340. The van der Waals surface area contributed by atoms with Crippen LogP contribution in [0.15, 0.2) is 11.6 Å². The van der Waals surface area contributed by atoms with Gasteiger partial charge in [0.2, 0.25) is 0 Å². The van der Waals surface area contributed by atoms with E-state index < -0.39 is 0 Å². The van der Waals surface area contributed by atoms with Crippen molar-refractivity contribution in [3.63, 3.8) is 0 Å². The number of ether oxygens (including phenoxy) is 2. The Balaban J connectivity index is 3.21. The van der Waals surface area contributed by atoms with Crippen molar-refractivity contribution in [3.8, 4) is 0 Å². The highest BCUT2D eigenvalue weighted by atomic mass is 16.7. The minimum Gasteiger partial charge on any atom is -0.359 e. The second-order valence-electron chi connectivity index (χ2n) is 2.21. The zero-order chi connectivity index (χ0) is 7.82. The van der Waals surface area contributed by atoms with Gasteiger partial charge in [-0.05, 0) is 13.3 Å². The fourth-order valence-corrected chi connectivity index (χ4v) is 0.693. The molecule has 0 aliphatic rings. The second-order valence-corrected chi connectivity index (χ2v) is 2.21. The summed E-state index contributed by atoms with van der Waals surface area (Å²) >= 11 is 0. The highest BCUT2D eigenvalue weighted by Crippen LogP contribution is 1.94. The number of hydrogen-bond donors (Lipinski definition) is 0. The van der Waals surface area contributed by atoms with Crippen molar-refractivity contribution in [2.24, 2.45) is 0 Å². The molecule has 0 N–H and O–H groups in total. The summed E-state index contributed by atoms with van der Waals surface area (Å²) < 4.78 is 9.83. The van der Waals surface area contributed by atoms with E-state index in [1.165, 1.54) is 5.57 Å². The van der Waals surface area contributed by atoms with Gasteiger partial charge in [-0.2, -0.15) is 0 Å². The van der Waals surface area contributed by atoms with Gasteiger partial charge in [-0.3, -0.25) is 0 Å². The van der Waals surface area contributed by atoms with Gasteiger partial charge in [0.1, 0.15) is 6.79 Å². The fourth-order valence-electron chi connectivity index (χ4n) is 0.693. The third kappa shape index (κ3) is 5.79. The molecule has 0 saturated heterocycles. The maximum absolute atomic E-state index is 5.11. The Morgan fingerprint density at radius 1 is 1.50 bits per heavy atom. The normalized spacial score (nSPS) is 12.1. The van der Waals surface area contributed by atoms with Crippen LogP contribution in [0.3, 0.4) is 0 Å². The second kappa shape index (κ2) is 6.78. The molecule has 0 aliphatic heterocycles. The van der Waals surface area contributed by atoms with Crippen molar-refractivity contribution in [1.82, 2.24) is 0 Å². The molecule has 0 aromatic carbocycles. The van der Waals surface area contributed by atoms with Crippen LogP contribution in [0, 0.1) is 0 Å². The van der Waals surface area contributed by atoms with Gasteiger partial charge in [0.15, 0.2) is 0 Å². The summed E-state index contributed by atoms with van der Waals surface area (Å²) in [7, 11) is 1.62. The third-order valence-electron chi connectivity index (χ3n) is 1.08. The minimum atomic E-state index is 0.384. The Kier molecular flexibility index (Phi) is 6.55. The Bertz CT molecular complexity index is 97.4. The predicted octanol–water partition coefficient (Wildman–Crippen LogP) is 1.96. The van der Waals surface area contributed by atoms with Gasteiger partial charge in [0.25, 0.3) is 0 Å². The molecule has 0 heterocycles. The van der Waals surface area contributed by atoms with Gasteiger partial charge >= 0.3 is 0 Å². The molecule has 0 saturated carbocycles. The summed E-state index contributed by atoms with van der Waals surface area (Å²) in [6, 6.07) is 0. The number of hydrogen-bond acceptors (Lipinski definition) is 2. The molecular formula is C8H16O2. The van der Waals surface area contributed by atoms with Crippen molar-refractivity contribution in [1.29, 1.82) is 0 Å². The Morgan fingerprint density at radius 2 is 2.20 bits per heavy atom. The molecule has 0 unspecified atom stereocenters. The third-order valence-corrected chi connectivity index (χ3v) is 1.08. The van der Waals surface area contributed by atoms with E-state index in [2.05, 4.69) is 19.9 Å². The summed E-state index contributed by atoms with van der Waals surface area (Å²) in [4.78, 5) is 0. The molecule has 0 amide bonds. The van der Waals surface area contributed by atoms with Crippen molar-refractivity contribution in [2.45, 2.75) is 20.3 Å². The van der Waals surface area contributed by atoms with E-state index in [9.17, 15) is 0 Å². The van der Waals surface area contributed by atoms with Gasteiger partial charge < -0.3 is 9.47 Å². The monoisotopic (exact) mass is 144 g/mol. The van der Waals surface area contributed by atoms with E-state index in [1.54, 1.807) is 7.11 Å². The number of methoxy groups -OCH3 is 1. The predicted molar refractivity (Wildman–Crippen MR) is 41.9 cm³/mol. The topological polar surface area (TPSA) is 18.5 Å². The van der Waals surface area contributed by atoms with E-state index in [0.29, 0.717) is 13.4 Å². The van der Waals surface area contributed by atoms with Gasteiger partial charge in [0, 0.05) is 7.11 Å². The van der Waals surface area contributed by atoms with Crippen LogP contribution in [0.2, 0.25) is 0 Å². The summed E-state index contributed by atoms with van der Waals surface area (Å²) in [5.74, 6) is 0. The molecule has 0 spiro atoms. The average molecular weight is 144 g/mol. The van der Waals surface area contributed by atoms with Crippen LogP contribution in [0.4, 0.5) is 0 Å². The highest BCUT2D eigenvalue weighted by molar-refractivity contribution is 4.96. The summed E-state index contributed by atoms with van der Waals surface area (Å²) in [5, 5.41) is 0. The zero-order valence-electron chi connectivity index (χ0n) is 7.02. The zero-order valence-corrected chi connectivity index (χ0v) is 7.02. The standard InChI is InChI=1S/C8H16O2/c1-4-5-8(2)6-10-7-9-3/h5H,4,6-7H2,1-3H3/b8-5-. The largest absolute Gasteiger partial charge is 0.359 e. The molecule has 0 atom stereocenters. The molecule has 0 radical (unpaired) electrons. The summed E-state index contributed by atoms with van der Waals surface area (Å²) in [6.07, 6.45) is 3.22. The van der Waals surface area contributed by atoms with Crippen molar-refractivity contribution in [3.05, 3.63) is 11.6 Å². The lowest BCUT2D eigenvalue weighted by atomic mass is 10.3.